The maximum atomic E-state index is 5.62. The summed E-state index contributed by atoms with van der Waals surface area (Å²) < 4.78 is 7.97. The van der Waals surface area contributed by atoms with E-state index >= 15 is 0 Å². The van der Waals surface area contributed by atoms with Gasteiger partial charge in [-0.15, -0.1) is 11.3 Å². The van der Waals surface area contributed by atoms with Crippen molar-refractivity contribution in [1.29, 1.82) is 0 Å². The minimum absolute atomic E-state index is 0.516. The first-order valence-electron chi connectivity index (χ1n) is 7.60. The fourth-order valence-corrected chi connectivity index (χ4v) is 4.02. The van der Waals surface area contributed by atoms with Crippen molar-refractivity contribution in [2.45, 2.75) is 31.7 Å². The van der Waals surface area contributed by atoms with Gasteiger partial charge < -0.3 is 8.98 Å². The summed E-state index contributed by atoms with van der Waals surface area (Å²) in [5.74, 6) is 0.913. The number of pyridine rings is 1. The number of thiazole rings is 1. The lowest BCUT2D eigenvalue weighted by atomic mass is 10.2. The Morgan fingerprint density at radius 1 is 1.23 bits per heavy atom. The molecule has 0 N–H and O–H groups in total. The highest BCUT2D eigenvalue weighted by molar-refractivity contribution is 7.07. The van der Waals surface area contributed by atoms with Crippen LogP contribution in [0.3, 0.4) is 0 Å². The van der Waals surface area contributed by atoms with Crippen molar-refractivity contribution in [3.8, 4) is 11.5 Å². The summed E-state index contributed by atoms with van der Waals surface area (Å²) in [7, 11) is 0. The molecule has 0 saturated heterocycles. The second kappa shape index (κ2) is 5.93. The third-order valence-electron chi connectivity index (χ3n) is 4.08. The van der Waals surface area contributed by atoms with Crippen LogP contribution in [0.2, 0.25) is 0 Å². The van der Waals surface area contributed by atoms with Crippen LogP contribution in [-0.4, -0.2) is 9.55 Å². The lowest BCUT2D eigenvalue weighted by molar-refractivity contribution is 0.499. The van der Waals surface area contributed by atoms with Crippen LogP contribution in [0.15, 0.2) is 57.7 Å². The predicted octanol–water partition coefficient (Wildman–Crippen LogP) is 4.55. The third kappa shape index (κ3) is 2.52. The first kappa shape index (κ1) is 13.5. The molecule has 0 spiro atoms. The molecule has 0 radical (unpaired) electrons. The molecule has 112 valence electrons. The van der Waals surface area contributed by atoms with Gasteiger partial charge in [0, 0.05) is 17.6 Å². The molecule has 4 rings (SSSR count). The zero-order valence-electron chi connectivity index (χ0n) is 12.2. The van der Waals surface area contributed by atoms with Gasteiger partial charge in [-0.05, 0) is 37.1 Å². The van der Waals surface area contributed by atoms with Crippen molar-refractivity contribution in [1.82, 2.24) is 9.55 Å². The van der Waals surface area contributed by atoms with Crippen LogP contribution in [0.4, 0.5) is 5.69 Å². The topological polar surface area (TPSA) is 43.3 Å². The quantitative estimate of drug-likeness (QED) is 0.712. The smallest absolute Gasteiger partial charge is 0.190 e. The van der Waals surface area contributed by atoms with E-state index in [4.69, 9.17) is 9.41 Å². The number of aromatic nitrogens is 2. The predicted molar refractivity (Wildman–Crippen MR) is 87.0 cm³/mol. The van der Waals surface area contributed by atoms with Crippen molar-refractivity contribution in [3.63, 3.8) is 0 Å². The van der Waals surface area contributed by atoms with Crippen molar-refractivity contribution in [2.24, 2.45) is 4.99 Å². The molecule has 5 heteroatoms. The van der Waals surface area contributed by atoms with Crippen LogP contribution in [0.25, 0.3) is 11.5 Å². The van der Waals surface area contributed by atoms with Gasteiger partial charge in [-0.2, -0.15) is 0 Å². The highest BCUT2D eigenvalue weighted by Crippen LogP contribution is 2.33. The first-order valence-corrected chi connectivity index (χ1v) is 8.48. The zero-order valence-corrected chi connectivity index (χ0v) is 13.0. The lowest BCUT2D eigenvalue weighted by Gasteiger charge is -2.14. The molecule has 1 aliphatic rings. The van der Waals surface area contributed by atoms with Gasteiger partial charge >= 0.3 is 0 Å². The van der Waals surface area contributed by atoms with Gasteiger partial charge in [-0.25, -0.2) is 4.99 Å². The van der Waals surface area contributed by atoms with Crippen LogP contribution in [0.1, 0.15) is 31.7 Å². The van der Waals surface area contributed by atoms with Crippen LogP contribution in [-0.2, 0) is 0 Å². The second-order valence-electron chi connectivity index (χ2n) is 5.51. The first-order chi connectivity index (χ1) is 10.9. The highest BCUT2D eigenvalue weighted by Gasteiger charge is 2.22. The Kier molecular flexibility index (Phi) is 3.64. The summed E-state index contributed by atoms with van der Waals surface area (Å²) in [5.41, 5.74) is 2.02. The van der Waals surface area contributed by atoms with Crippen LogP contribution in [0, 0.1) is 0 Å². The Morgan fingerprint density at radius 2 is 2.14 bits per heavy atom. The van der Waals surface area contributed by atoms with E-state index in [1.807, 2.05) is 24.3 Å². The standard InChI is InChI=1S/C17H17N3OS/c1-2-7-14(6-1)20-15(16-8-4-10-21-16)12-22-17(20)19-13-5-3-9-18-11-13/h3-5,8-12,14H,1-2,6-7H2. The average molecular weight is 311 g/mol. The number of furan rings is 1. The lowest BCUT2D eigenvalue weighted by Crippen LogP contribution is -2.19. The fourth-order valence-electron chi connectivity index (χ4n) is 3.05. The monoisotopic (exact) mass is 311 g/mol. The van der Waals surface area contributed by atoms with Crippen molar-refractivity contribution in [2.75, 3.05) is 0 Å². The van der Waals surface area contributed by atoms with Crippen LogP contribution >= 0.6 is 11.3 Å². The third-order valence-corrected chi connectivity index (χ3v) is 4.92. The molecule has 3 aromatic heterocycles. The minimum Gasteiger partial charge on any atom is -0.463 e. The number of hydrogen-bond donors (Lipinski definition) is 0. The molecule has 1 aliphatic carbocycles. The molecular formula is C17H17N3OS. The Morgan fingerprint density at radius 3 is 2.86 bits per heavy atom. The summed E-state index contributed by atoms with van der Waals surface area (Å²) in [4.78, 5) is 9.96. The zero-order chi connectivity index (χ0) is 14.8. The summed E-state index contributed by atoms with van der Waals surface area (Å²) >= 11 is 1.66. The van der Waals surface area contributed by atoms with E-state index in [9.17, 15) is 0 Å². The molecule has 3 aromatic rings. The molecular weight excluding hydrogens is 294 g/mol. The normalized spacial score (nSPS) is 16.5. The SMILES string of the molecule is c1cncc(N=c2scc(-c3ccco3)n2C2CCCC2)c1. The average Bonchev–Trinajstić information content (AvgIpc) is 3.29. The van der Waals surface area contributed by atoms with Crippen molar-refractivity contribution < 1.29 is 4.42 Å². The van der Waals surface area contributed by atoms with Gasteiger partial charge in [0.15, 0.2) is 10.6 Å². The molecule has 0 aliphatic heterocycles. The van der Waals surface area contributed by atoms with Crippen molar-refractivity contribution >= 4 is 17.0 Å². The maximum absolute atomic E-state index is 5.62. The Bertz CT molecular complexity index is 796. The Balaban J connectivity index is 1.86. The van der Waals surface area contributed by atoms with Gasteiger partial charge in [0.25, 0.3) is 0 Å². The van der Waals surface area contributed by atoms with Gasteiger partial charge in [-0.3, -0.25) is 4.98 Å². The Labute approximate surface area is 132 Å². The molecule has 1 saturated carbocycles. The van der Waals surface area contributed by atoms with Gasteiger partial charge in [0.1, 0.15) is 0 Å². The van der Waals surface area contributed by atoms with Crippen molar-refractivity contribution in [3.05, 3.63) is 53.1 Å². The number of nitrogens with zero attached hydrogens (tertiary/aromatic N) is 3. The van der Waals surface area contributed by atoms with E-state index in [1.165, 1.54) is 25.7 Å². The minimum atomic E-state index is 0.516. The number of hydrogen-bond acceptors (Lipinski definition) is 4. The van der Waals surface area contributed by atoms with E-state index < -0.39 is 0 Å². The molecule has 0 atom stereocenters. The summed E-state index contributed by atoms with van der Waals surface area (Å²) in [5, 5.41) is 2.15. The summed E-state index contributed by atoms with van der Waals surface area (Å²) in [6.07, 6.45) is 10.3. The highest BCUT2D eigenvalue weighted by atomic mass is 32.1. The molecule has 0 bridgehead atoms. The molecule has 22 heavy (non-hydrogen) atoms. The van der Waals surface area contributed by atoms with Gasteiger partial charge in [0.2, 0.25) is 0 Å². The number of rotatable bonds is 3. The van der Waals surface area contributed by atoms with Gasteiger partial charge in [0.05, 0.1) is 23.8 Å². The second-order valence-corrected chi connectivity index (χ2v) is 6.35. The molecule has 0 unspecified atom stereocenters. The van der Waals surface area contributed by atoms with E-state index in [0.717, 1.165) is 21.9 Å². The van der Waals surface area contributed by atoms with Crippen LogP contribution < -0.4 is 4.80 Å². The van der Waals surface area contributed by atoms with E-state index in [-0.39, 0.29) is 0 Å². The maximum Gasteiger partial charge on any atom is 0.190 e. The molecule has 3 heterocycles. The van der Waals surface area contributed by atoms with Crippen LogP contribution in [0.5, 0.6) is 0 Å². The summed E-state index contributed by atoms with van der Waals surface area (Å²) in [6, 6.07) is 8.37. The van der Waals surface area contributed by atoms with E-state index in [1.54, 1.807) is 30.0 Å². The molecule has 4 nitrogen and oxygen atoms in total. The summed E-state index contributed by atoms with van der Waals surface area (Å²) in [6.45, 7) is 0. The largest absolute Gasteiger partial charge is 0.463 e. The van der Waals surface area contributed by atoms with E-state index in [2.05, 4.69) is 14.9 Å². The Hall–Kier alpha value is -2.14. The molecule has 0 aromatic carbocycles. The molecule has 1 fully saturated rings. The molecule has 0 amide bonds. The fraction of sp³-hybridized carbons (Fsp3) is 0.294. The van der Waals surface area contributed by atoms with E-state index in [0.29, 0.717) is 6.04 Å². The van der Waals surface area contributed by atoms with Gasteiger partial charge in [-0.1, -0.05) is 12.8 Å².